The molecule has 0 bridgehead atoms. The summed E-state index contributed by atoms with van der Waals surface area (Å²) in [5, 5.41) is 7.56. The number of rotatable bonds is 6. The average molecular weight is 371 g/mol. The summed E-state index contributed by atoms with van der Waals surface area (Å²) < 4.78 is 0. The first kappa shape index (κ1) is 17.6. The van der Waals surface area contributed by atoms with Crippen molar-refractivity contribution in [3.05, 3.63) is 45.2 Å². The third-order valence-corrected chi connectivity index (χ3v) is 6.48. The van der Waals surface area contributed by atoms with Gasteiger partial charge < -0.3 is 10.6 Å². The minimum atomic E-state index is -0.0368. The molecule has 0 saturated carbocycles. The number of amides is 1. The van der Waals surface area contributed by atoms with E-state index < -0.39 is 0 Å². The molecular formula is C20H26N4OS. The van der Waals surface area contributed by atoms with E-state index in [0.717, 1.165) is 42.9 Å². The van der Waals surface area contributed by atoms with E-state index >= 15 is 0 Å². The van der Waals surface area contributed by atoms with Gasteiger partial charge in [-0.1, -0.05) is 0 Å². The van der Waals surface area contributed by atoms with E-state index in [1.54, 1.807) is 6.20 Å². The minimum absolute atomic E-state index is 0.0368. The Kier molecular flexibility index (Phi) is 5.60. The lowest BCUT2D eigenvalue weighted by Crippen LogP contribution is -2.26. The standard InChI is InChI=1S/C20H26N4OS/c25-20(16-10-15(12-22-13-16)9-14-5-7-21-11-14)23-8-6-19-24-17-3-1-2-4-18(17)26-19/h10,12-14,21H,1-9,11H2,(H,23,25). The van der Waals surface area contributed by atoms with Crippen LogP contribution in [0.15, 0.2) is 18.5 Å². The van der Waals surface area contributed by atoms with E-state index in [4.69, 9.17) is 4.98 Å². The third kappa shape index (κ3) is 4.30. The number of fused-ring (bicyclic) bond motifs is 1. The molecule has 1 unspecified atom stereocenters. The number of hydrogen-bond donors (Lipinski definition) is 2. The number of carbonyl (C=O) groups is 1. The van der Waals surface area contributed by atoms with Crippen LogP contribution in [0.1, 0.15) is 50.8 Å². The van der Waals surface area contributed by atoms with Crippen molar-refractivity contribution in [2.24, 2.45) is 5.92 Å². The lowest BCUT2D eigenvalue weighted by Gasteiger charge is -2.09. The molecule has 1 amide bonds. The highest BCUT2D eigenvalue weighted by atomic mass is 32.1. The molecule has 1 aliphatic heterocycles. The van der Waals surface area contributed by atoms with E-state index in [0.29, 0.717) is 18.0 Å². The zero-order valence-corrected chi connectivity index (χ0v) is 15.9. The zero-order chi connectivity index (χ0) is 17.8. The maximum atomic E-state index is 12.4. The average Bonchev–Trinajstić information content (AvgIpc) is 3.31. The molecule has 1 atom stereocenters. The Hall–Kier alpha value is -1.79. The highest BCUT2D eigenvalue weighted by Gasteiger charge is 2.17. The second-order valence-corrected chi connectivity index (χ2v) is 8.50. The van der Waals surface area contributed by atoms with Crippen molar-refractivity contribution in [3.63, 3.8) is 0 Å². The fourth-order valence-electron chi connectivity index (χ4n) is 3.84. The Morgan fingerprint density at radius 3 is 3.08 bits per heavy atom. The first-order chi connectivity index (χ1) is 12.8. The van der Waals surface area contributed by atoms with Gasteiger partial charge in [0.05, 0.1) is 16.3 Å². The number of nitrogens with zero attached hydrogens (tertiary/aromatic N) is 2. The van der Waals surface area contributed by atoms with Gasteiger partial charge in [-0.25, -0.2) is 4.98 Å². The van der Waals surface area contributed by atoms with E-state index in [2.05, 4.69) is 15.6 Å². The van der Waals surface area contributed by atoms with Gasteiger partial charge in [-0.15, -0.1) is 11.3 Å². The predicted molar refractivity (Wildman–Crippen MR) is 104 cm³/mol. The van der Waals surface area contributed by atoms with Crippen molar-refractivity contribution in [2.75, 3.05) is 19.6 Å². The molecule has 2 aliphatic rings. The lowest BCUT2D eigenvalue weighted by atomic mass is 9.99. The molecule has 5 nitrogen and oxygen atoms in total. The maximum absolute atomic E-state index is 12.4. The first-order valence-electron chi connectivity index (χ1n) is 9.68. The second kappa shape index (κ2) is 8.27. The van der Waals surface area contributed by atoms with Crippen molar-refractivity contribution in [3.8, 4) is 0 Å². The van der Waals surface area contributed by atoms with Crippen molar-refractivity contribution in [1.29, 1.82) is 0 Å². The van der Waals surface area contributed by atoms with Crippen LogP contribution in [0.25, 0.3) is 0 Å². The summed E-state index contributed by atoms with van der Waals surface area (Å²) in [5.41, 5.74) is 3.10. The van der Waals surface area contributed by atoms with E-state index in [9.17, 15) is 4.79 Å². The van der Waals surface area contributed by atoms with E-state index in [-0.39, 0.29) is 5.91 Å². The van der Waals surface area contributed by atoms with Gasteiger partial charge in [-0.05, 0) is 69.2 Å². The fraction of sp³-hybridized carbons (Fsp3) is 0.550. The zero-order valence-electron chi connectivity index (χ0n) is 15.1. The van der Waals surface area contributed by atoms with Crippen molar-refractivity contribution >= 4 is 17.2 Å². The molecule has 1 aliphatic carbocycles. The topological polar surface area (TPSA) is 66.9 Å². The number of thiazole rings is 1. The number of aryl methyl sites for hydroxylation is 2. The smallest absolute Gasteiger partial charge is 0.252 e. The van der Waals surface area contributed by atoms with Crippen LogP contribution in [0.2, 0.25) is 0 Å². The highest BCUT2D eigenvalue weighted by Crippen LogP contribution is 2.26. The Balaban J connectivity index is 1.29. The van der Waals surface area contributed by atoms with Crippen LogP contribution in [0, 0.1) is 5.92 Å². The number of pyridine rings is 1. The predicted octanol–water partition coefficient (Wildman–Crippen LogP) is 2.54. The molecule has 1 fully saturated rings. The summed E-state index contributed by atoms with van der Waals surface area (Å²) in [6.07, 6.45) is 11.4. The molecule has 6 heteroatoms. The number of hydrogen-bond acceptors (Lipinski definition) is 5. The van der Waals surface area contributed by atoms with Gasteiger partial charge in [-0.3, -0.25) is 9.78 Å². The molecule has 26 heavy (non-hydrogen) atoms. The van der Waals surface area contributed by atoms with Crippen LogP contribution < -0.4 is 10.6 Å². The molecular weight excluding hydrogens is 344 g/mol. The third-order valence-electron chi connectivity index (χ3n) is 5.26. The normalized spacial score (nSPS) is 19.3. The molecule has 0 spiro atoms. The highest BCUT2D eigenvalue weighted by molar-refractivity contribution is 7.11. The van der Waals surface area contributed by atoms with Gasteiger partial charge in [0.25, 0.3) is 5.91 Å². The summed E-state index contributed by atoms with van der Waals surface area (Å²) in [5.74, 6) is 0.622. The van der Waals surface area contributed by atoms with Crippen LogP contribution in [-0.4, -0.2) is 35.5 Å². The number of aromatic nitrogens is 2. The molecule has 2 N–H and O–H groups in total. The van der Waals surface area contributed by atoms with Crippen LogP contribution >= 0.6 is 11.3 Å². The SMILES string of the molecule is O=C(NCCc1nc2c(s1)CCCC2)c1cncc(CC2CCNC2)c1. The summed E-state index contributed by atoms with van der Waals surface area (Å²) in [4.78, 5) is 22.9. The number of nitrogens with one attached hydrogen (secondary N) is 2. The van der Waals surface area contributed by atoms with Gasteiger partial charge in [0.1, 0.15) is 0 Å². The number of carbonyl (C=O) groups excluding carboxylic acids is 1. The quantitative estimate of drug-likeness (QED) is 0.820. The van der Waals surface area contributed by atoms with Gasteiger partial charge in [0, 0.05) is 30.2 Å². The van der Waals surface area contributed by atoms with Crippen LogP contribution in [0.3, 0.4) is 0 Å². The van der Waals surface area contributed by atoms with Crippen molar-refractivity contribution < 1.29 is 4.79 Å². The second-order valence-electron chi connectivity index (χ2n) is 7.34. The summed E-state index contributed by atoms with van der Waals surface area (Å²) in [6.45, 7) is 2.79. The molecule has 2 aromatic rings. The fourth-order valence-corrected chi connectivity index (χ4v) is 5.00. The Morgan fingerprint density at radius 1 is 1.31 bits per heavy atom. The molecule has 2 aromatic heterocycles. The minimum Gasteiger partial charge on any atom is -0.352 e. The van der Waals surface area contributed by atoms with Crippen molar-refractivity contribution in [1.82, 2.24) is 20.6 Å². The molecule has 0 aromatic carbocycles. The van der Waals surface area contributed by atoms with Gasteiger partial charge in [0.2, 0.25) is 0 Å². The molecule has 3 heterocycles. The summed E-state index contributed by atoms with van der Waals surface area (Å²) in [7, 11) is 0. The Bertz CT molecular complexity index is 743. The molecule has 138 valence electrons. The van der Waals surface area contributed by atoms with Gasteiger partial charge in [-0.2, -0.15) is 0 Å². The largest absolute Gasteiger partial charge is 0.352 e. The van der Waals surface area contributed by atoms with Crippen LogP contribution in [0.4, 0.5) is 0 Å². The summed E-state index contributed by atoms with van der Waals surface area (Å²) in [6, 6.07) is 1.99. The monoisotopic (exact) mass is 370 g/mol. The molecule has 0 radical (unpaired) electrons. The lowest BCUT2D eigenvalue weighted by molar-refractivity contribution is 0.0953. The Morgan fingerprint density at radius 2 is 2.23 bits per heavy atom. The van der Waals surface area contributed by atoms with Crippen molar-refractivity contribution in [2.45, 2.75) is 44.9 Å². The molecule has 1 saturated heterocycles. The maximum Gasteiger partial charge on any atom is 0.252 e. The first-order valence-corrected chi connectivity index (χ1v) is 10.5. The van der Waals surface area contributed by atoms with Crippen LogP contribution in [-0.2, 0) is 25.7 Å². The molecule has 4 rings (SSSR count). The van der Waals surface area contributed by atoms with Crippen LogP contribution in [0.5, 0.6) is 0 Å². The summed E-state index contributed by atoms with van der Waals surface area (Å²) >= 11 is 1.82. The van der Waals surface area contributed by atoms with Gasteiger partial charge >= 0.3 is 0 Å². The van der Waals surface area contributed by atoms with E-state index in [1.165, 1.54) is 36.3 Å². The Labute approximate surface area is 158 Å². The van der Waals surface area contributed by atoms with Gasteiger partial charge in [0.15, 0.2) is 0 Å². The van der Waals surface area contributed by atoms with E-state index in [1.807, 2.05) is 23.6 Å².